The summed E-state index contributed by atoms with van der Waals surface area (Å²) < 4.78 is 0. The first-order chi connectivity index (χ1) is 9.65. The number of rotatable bonds is 2. The number of benzene rings is 2. The fourth-order valence-electron chi connectivity index (χ4n) is 2.31. The summed E-state index contributed by atoms with van der Waals surface area (Å²) in [4.78, 5) is 16.9. The van der Waals surface area contributed by atoms with Gasteiger partial charge in [0.2, 0.25) is 0 Å². The minimum absolute atomic E-state index is 0.0406. The van der Waals surface area contributed by atoms with Gasteiger partial charge in [0.25, 0.3) is 0 Å². The maximum Gasteiger partial charge on any atom is 0.193 e. The Hall–Kier alpha value is -2.48. The standard InChI is InChI=1S/C18H15NO/c1-12-10-16-11-15(8-9-17(16)19-13(12)2)18(20)14-6-4-3-5-7-14/h3-12H,2H2,1H3. The molecule has 1 aliphatic heterocycles. The van der Waals surface area contributed by atoms with E-state index in [1.54, 1.807) is 0 Å². The Balaban J connectivity index is 2.09. The highest BCUT2D eigenvalue weighted by atomic mass is 16.1. The van der Waals surface area contributed by atoms with Crippen molar-refractivity contribution in [2.45, 2.75) is 6.92 Å². The van der Waals surface area contributed by atoms with Gasteiger partial charge in [-0.3, -0.25) is 9.79 Å². The van der Waals surface area contributed by atoms with E-state index < -0.39 is 0 Å². The van der Waals surface area contributed by atoms with Crippen molar-refractivity contribution < 1.29 is 4.79 Å². The summed E-state index contributed by atoms with van der Waals surface area (Å²) in [5.41, 5.74) is 2.26. The summed E-state index contributed by atoms with van der Waals surface area (Å²) in [6, 6.07) is 15.0. The van der Waals surface area contributed by atoms with Gasteiger partial charge >= 0.3 is 0 Å². The van der Waals surface area contributed by atoms with E-state index in [4.69, 9.17) is 0 Å². The third-order valence-electron chi connectivity index (χ3n) is 3.54. The molecule has 0 saturated carbocycles. The molecule has 0 aliphatic carbocycles. The normalized spacial score (nSPS) is 16.9. The molecule has 2 heteroatoms. The zero-order chi connectivity index (χ0) is 14.1. The van der Waals surface area contributed by atoms with Gasteiger partial charge in [0.15, 0.2) is 5.78 Å². The largest absolute Gasteiger partial charge is 0.289 e. The second kappa shape index (κ2) is 4.89. The smallest absolute Gasteiger partial charge is 0.193 e. The first kappa shape index (κ1) is 12.5. The first-order valence-electron chi connectivity index (χ1n) is 6.64. The van der Waals surface area contributed by atoms with E-state index in [0.717, 1.165) is 16.3 Å². The number of carbonyl (C=O) groups excluding carboxylic acids is 1. The third kappa shape index (κ3) is 2.21. The molecule has 1 aliphatic rings. The number of hydrogen-bond donors (Lipinski definition) is 0. The quantitative estimate of drug-likeness (QED) is 0.764. The summed E-state index contributed by atoms with van der Waals surface area (Å²) in [5.74, 6) is 0.253. The van der Waals surface area contributed by atoms with Crippen molar-refractivity contribution in [3.05, 3.63) is 82.5 Å². The van der Waals surface area contributed by atoms with E-state index in [9.17, 15) is 4.79 Å². The van der Waals surface area contributed by atoms with Crippen molar-refractivity contribution >= 4 is 11.9 Å². The maximum atomic E-state index is 12.4. The summed E-state index contributed by atoms with van der Waals surface area (Å²) >= 11 is 0. The number of allylic oxidation sites excluding steroid dienone is 1. The zero-order valence-corrected chi connectivity index (χ0v) is 11.3. The number of ketones is 1. The van der Waals surface area contributed by atoms with Crippen LogP contribution < -0.4 is 10.6 Å². The molecule has 20 heavy (non-hydrogen) atoms. The molecule has 1 unspecified atom stereocenters. The molecule has 0 amide bonds. The molecule has 1 heterocycles. The Bertz CT molecular complexity index is 803. The zero-order valence-electron chi connectivity index (χ0n) is 11.3. The molecule has 98 valence electrons. The Morgan fingerprint density at radius 1 is 1.10 bits per heavy atom. The van der Waals surface area contributed by atoms with Gasteiger partial charge < -0.3 is 0 Å². The van der Waals surface area contributed by atoms with E-state index in [2.05, 4.69) is 24.6 Å². The molecule has 0 fully saturated rings. The maximum absolute atomic E-state index is 12.4. The molecule has 0 radical (unpaired) electrons. The fraction of sp³-hybridized carbons (Fsp3) is 0.111. The van der Waals surface area contributed by atoms with Gasteiger partial charge in [-0.25, -0.2) is 0 Å². The molecule has 2 aromatic rings. The Morgan fingerprint density at radius 3 is 2.60 bits per heavy atom. The van der Waals surface area contributed by atoms with Crippen LogP contribution in [0.4, 0.5) is 0 Å². The molecule has 0 spiro atoms. The Morgan fingerprint density at radius 2 is 1.85 bits per heavy atom. The van der Waals surface area contributed by atoms with Crippen LogP contribution >= 0.6 is 0 Å². The van der Waals surface area contributed by atoms with Crippen LogP contribution in [0.15, 0.2) is 65.8 Å². The number of fused-ring (bicyclic) bond motifs is 1. The fourth-order valence-corrected chi connectivity index (χ4v) is 2.31. The number of hydrogen-bond acceptors (Lipinski definition) is 2. The van der Waals surface area contributed by atoms with E-state index in [1.807, 2.05) is 48.5 Å². The molecular formula is C18H15NO. The van der Waals surface area contributed by atoms with Crippen LogP contribution in [0.2, 0.25) is 0 Å². The van der Waals surface area contributed by atoms with E-state index in [1.165, 1.54) is 0 Å². The van der Waals surface area contributed by atoms with Crippen LogP contribution in [-0.4, -0.2) is 5.78 Å². The number of carbonyl (C=O) groups is 1. The lowest BCUT2D eigenvalue weighted by atomic mass is 9.99. The second-order valence-corrected chi connectivity index (χ2v) is 5.03. The van der Waals surface area contributed by atoms with Crippen molar-refractivity contribution in [2.24, 2.45) is 10.9 Å². The topological polar surface area (TPSA) is 29.4 Å². The van der Waals surface area contributed by atoms with Crippen LogP contribution in [0, 0.1) is 5.92 Å². The van der Waals surface area contributed by atoms with Gasteiger partial charge in [0, 0.05) is 22.7 Å². The minimum Gasteiger partial charge on any atom is -0.289 e. The first-order valence-corrected chi connectivity index (χ1v) is 6.64. The van der Waals surface area contributed by atoms with Gasteiger partial charge in [-0.2, -0.15) is 0 Å². The molecule has 0 saturated heterocycles. The van der Waals surface area contributed by atoms with Crippen molar-refractivity contribution in [3.8, 4) is 0 Å². The summed E-state index contributed by atoms with van der Waals surface area (Å²) in [6.45, 7) is 5.99. The summed E-state index contributed by atoms with van der Waals surface area (Å²) in [5, 5.41) is 1.89. The molecule has 2 aromatic carbocycles. The lowest BCUT2D eigenvalue weighted by molar-refractivity contribution is 0.103. The predicted molar refractivity (Wildman–Crippen MR) is 79.9 cm³/mol. The Labute approximate surface area is 117 Å². The van der Waals surface area contributed by atoms with Gasteiger partial charge in [0.1, 0.15) is 0 Å². The molecular weight excluding hydrogens is 246 g/mol. The molecule has 0 bridgehead atoms. The van der Waals surface area contributed by atoms with Crippen molar-refractivity contribution in [2.75, 3.05) is 0 Å². The van der Waals surface area contributed by atoms with Gasteiger partial charge in [-0.05, 0) is 23.4 Å². The van der Waals surface area contributed by atoms with E-state index >= 15 is 0 Å². The predicted octanol–water partition coefficient (Wildman–Crippen LogP) is 2.48. The highest BCUT2D eigenvalue weighted by molar-refractivity contribution is 6.08. The highest BCUT2D eigenvalue weighted by Gasteiger charge is 2.11. The SMILES string of the molecule is C=C1N=c2ccc(C(=O)c3ccccc3)cc2=CC1C. The molecule has 1 atom stereocenters. The average molecular weight is 261 g/mol. The highest BCUT2D eigenvalue weighted by Crippen LogP contribution is 2.13. The van der Waals surface area contributed by atoms with Gasteiger partial charge in [0.05, 0.1) is 5.36 Å². The summed E-state index contributed by atoms with van der Waals surface area (Å²) in [6.07, 6.45) is 2.10. The second-order valence-electron chi connectivity index (χ2n) is 5.03. The van der Waals surface area contributed by atoms with Crippen molar-refractivity contribution in [1.82, 2.24) is 0 Å². The van der Waals surface area contributed by atoms with Crippen LogP contribution in [0.5, 0.6) is 0 Å². The lowest BCUT2D eigenvalue weighted by Crippen LogP contribution is -2.30. The monoisotopic (exact) mass is 261 g/mol. The van der Waals surface area contributed by atoms with Crippen molar-refractivity contribution in [1.29, 1.82) is 0 Å². The third-order valence-corrected chi connectivity index (χ3v) is 3.54. The van der Waals surface area contributed by atoms with Crippen LogP contribution in [0.1, 0.15) is 22.8 Å². The van der Waals surface area contributed by atoms with Gasteiger partial charge in [-0.1, -0.05) is 49.9 Å². The molecule has 0 aromatic heterocycles. The Kier molecular flexibility index (Phi) is 3.07. The van der Waals surface area contributed by atoms with Gasteiger partial charge in [-0.15, -0.1) is 0 Å². The average Bonchev–Trinajstić information content (AvgIpc) is 2.48. The minimum atomic E-state index is 0.0406. The molecule has 2 nitrogen and oxygen atoms in total. The molecule has 3 rings (SSSR count). The van der Waals surface area contributed by atoms with Crippen LogP contribution in [0.3, 0.4) is 0 Å². The summed E-state index contributed by atoms with van der Waals surface area (Å²) in [7, 11) is 0. The van der Waals surface area contributed by atoms with Crippen molar-refractivity contribution in [3.63, 3.8) is 0 Å². The van der Waals surface area contributed by atoms with Crippen LogP contribution in [-0.2, 0) is 0 Å². The van der Waals surface area contributed by atoms with E-state index in [-0.39, 0.29) is 11.7 Å². The number of nitrogens with zero attached hydrogens (tertiary/aromatic N) is 1. The van der Waals surface area contributed by atoms with Crippen LogP contribution in [0.25, 0.3) is 6.08 Å². The molecule has 0 N–H and O–H groups in total. The van der Waals surface area contributed by atoms with E-state index in [0.29, 0.717) is 11.1 Å². The lowest BCUT2D eigenvalue weighted by Gasteiger charge is -2.11.